The maximum Gasteiger partial charge on any atom is 0.171 e. The highest BCUT2D eigenvalue weighted by Crippen LogP contribution is 2.32. The van der Waals surface area contributed by atoms with Crippen LogP contribution in [0.5, 0.6) is 0 Å². The number of thiocarbonyl (C=S) groups is 1. The molecular formula is C14H19FN2S. The third kappa shape index (κ3) is 3.19. The van der Waals surface area contributed by atoms with Gasteiger partial charge in [0.05, 0.1) is 0 Å². The lowest BCUT2D eigenvalue weighted by Gasteiger charge is -2.30. The van der Waals surface area contributed by atoms with Crippen LogP contribution >= 0.6 is 12.2 Å². The zero-order valence-electron chi connectivity index (χ0n) is 10.6. The van der Waals surface area contributed by atoms with Crippen LogP contribution in [0.4, 0.5) is 10.1 Å². The molecule has 18 heavy (non-hydrogen) atoms. The minimum Gasteiger partial charge on any atom is -0.357 e. The SMILES string of the molecule is CCC1(NC(=S)Nc2cccc(F)c2)CCCC1. The van der Waals surface area contributed by atoms with Crippen molar-refractivity contribution in [3.63, 3.8) is 0 Å². The molecule has 0 amide bonds. The molecule has 0 atom stereocenters. The highest BCUT2D eigenvalue weighted by Gasteiger charge is 2.32. The van der Waals surface area contributed by atoms with Crippen LogP contribution in [0.3, 0.4) is 0 Å². The summed E-state index contributed by atoms with van der Waals surface area (Å²) in [6, 6.07) is 6.35. The van der Waals surface area contributed by atoms with Crippen molar-refractivity contribution in [2.75, 3.05) is 5.32 Å². The molecule has 1 aromatic rings. The smallest absolute Gasteiger partial charge is 0.171 e. The third-order valence-electron chi connectivity index (χ3n) is 3.70. The molecule has 1 aromatic carbocycles. The first-order chi connectivity index (χ1) is 8.63. The predicted molar refractivity (Wildman–Crippen MR) is 77.2 cm³/mol. The normalized spacial score (nSPS) is 17.4. The number of rotatable bonds is 3. The van der Waals surface area contributed by atoms with Crippen molar-refractivity contribution < 1.29 is 4.39 Å². The monoisotopic (exact) mass is 266 g/mol. The topological polar surface area (TPSA) is 24.1 Å². The lowest BCUT2D eigenvalue weighted by Crippen LogP contribution is -2.47. The van der Waals surface area contributed by atoms with Crippen LogP contribution in [-0.2, 0) is 0 Å². The second-order valence-corrected chi connectivity index (χ2v) is 5.34. The summed E-state index contributed by atoms with van der Waals surface area (Å²) in [6.45, 7) is 2.18. The Bertz CT molecular complexity index is 428. The Balaban J connectivity index is 1.96. The van der Waals surface area contributed by atoms with Gasteiger partial charge in [0.1, 0.15) is 5.82 Å². The van der Waals surface area contributed by atoms with Gasteiger partial charge in [-0.3, -0.25) is 0 Å². The van der Waals surface area contributed by atoms with Gasteiger partial charge < -0.3 is 10.6 Å². The van der Waals surface area contributed by atoms with E-state index in [1.54, 1.807) is 6.07 Å². The second-order valence-electron chi connectivity index (χ2n) is 4.93. The van der Waals surface area contributed by atoms with Crippen molar-refractivity contribution in [3.05, 3.63) is 30.1 Å². The van der Waals surface area contributed by atoms with Gasteiger partial charge in [-0.1, -0.05) is 25.8 Å². The van der Waals surface area contributed by atoms with Crippen molar-refractivity contribution in [1.82, 2.24) is 5.32 Å². The maximum atomic E-state index is 13.1. The number of hydrogen-bond donors (Lipinski definition) is 2. The zero-order chi connectivity index (χ0) is 13.0. The van der Waals surface area contributed by atoms with E-state index in [0.29, 0.717) is 10.8 Å². The van der Waals surface area contributed by atoms with Crippen molar-refractivity contribution in [2.24, 2.45) is 0 Å². The zero-order valence-corrected chi connectivity index (χ0v) is 11.4. The van der Waals surface area contributed by atoms with Crippen molar-refractivity contribution in [3.8, 4) is 0 Å². The number of hydrogen-bond acceptors (Lipinski definition) is 1. The Labute approximate surface area is 113 Å². The molecule has 1 fully saturated rings. The van der Waals surface area contributed by atoms with Crippen LogP contribution < -0.4 is 10.6 Å². The molecule has 2 N–H and O–H groups in total. The summed E-state index contributed by atoms with van der Waals surface area (Å²) in [5, 5.41) is 7.04. The van der Waals surface area contributed by atoms with E-state index in [2.05, 4.69) is 17.6 Å². The van der Waals surface area contributed by atoms with Gasteiger partial charge in [-0.2, -0.15) is 0 Å². The van der Waals surface area contributed by atoms with Crippen LogP contribution in [0.15, 0.2) is 24.3 Å². The molecule has 4 heteroatoms. The first-order valence-electron chi connectivity index (χ1n) is 6.48. The fourth-order valence-corrected chi connectivity index (χ4v) is 2.92. The number of nitrogens with one attached hydrogen (secondary N) is 2. The van der Waals surface area contributed by atoms with Gasteiger partial charge in [-0.05, 0) is 49.7 Å². The van der Waals surface area contributed by atoms with Crippen molar-refractivity contribution in [2.45, 2.75) is 44.6 Å². The van der Waals surface area contributed by atoms with Gasteiger partial charge in [0.25, 0.3) is 0 Å². The summed E-state index contributed by atoms with van der Waals surface area (Å²) in [5.41, 5.74) is 0.828. The standard InChI is InChI=1S/C14H19FN2S/c1-2-14(8-3-4-9-14)17-13(18)16-12-7-5-6-11(15)10-12/h5-7,10H,2-4,8-9H2,1H3,(H2,16,17,18). The molecule has 0 radical (unpaired) electrons. The van der Waals surface area contributed by atoms with E-state index in [4.69, 9.17) is 12.2 Å². The molecule has 2 nitrogen and oxygen atoms in total. The van der Waals surface area contributed by atoms with Crippen molar-refractivity contribution >= 4 is 23.0 Å². The summed E-state index contributed by atoms with van der Waals surface area (Å²) in [4.78, 5) is 0. The van der Waals surface area contributed by atoms with Gasteiger partial charge in [0.15, 0.2) is 5.11 Å². The number of anilines is 1. The average molecular weight is 266 g/mol. The maximum absolute atomic E-state index is 13.1. The summed E-state index contributed by atoms with van der Waals surface area (Å²) in [5.74, 6) is -0.256. The first kappa shape index (κ1) is 13.3. The summed E-state index contributed by atoms with van der Waals surface area (Å²) in [6.07, 6.45) is 5.90. The molecule has 0 heterocycles. The molecule has 0 spiro atoms. The molecule has 1 saturated carbocycles. The highest BCUT2D eigenvalue weighted by molar-refractivity contribution is 7.80. The Morgan fingerprint density at radius 1 is 1.39 bits per heavy atom. The molecule has 2 rings (SSSR count). The van der Waals surface area contributed by atoms with Crippen LogP contribution in [0.1, 0.15) is 39.0 Å². The molecule has 1 aliphatic carbocycles. The third-order valence-corrected chi connectivity index (χ3v) is 3.90. The fraction of sp³-hybridized carbons (Fsp3) is 0.500. The van der Waals surface area contributed by atoms with Gasteiger partial charge >= 0.3 is 0 Å². The largest absolute Gasteiger partial charge is 0.357 e. The van der Waals surface area contributed by atoms with E-state index >= 15 is 0 Å². The minimum atomic E-state index is -0.256. The Morgan fingerprint density at radius 3 is 2.72 bits per heavy atom. The Kier molecular flexibility index (Phi) is 4.17. The molecule has 0 unspecified atom stereocenters. The van der Waals surface area contributed by atoms with Gasteiger partial charge in [0, 0.05) is 11.2 Å². The van der Waals surface area contributed by atoms with Crippen molar-refractivity contribution in [1.29, 1.82) is 0 Å². The van der Waals surface area contributed by atoms with Crippen LogP contribution in [0, 0.1) is 5.82 Å². The Hall–Kier alpha value is -1.16. The van der Waals surface area contributed by atoms with E-state index in [1.165, 1.54) is 25.0 Å². The van der Waals surface area contributed by atoms with Crippen LogP contribution in [-0.4, -0.2) is 10.7 Å². The number of halogens is 1. The number of benzene rings is 1. The molecule has 1 aliphatic rings. The lowest BCUT2D eigenvalue weighted by atomic mass is 9.95. The summed E-state index contributed by atoms with van der Waals surface area (Å²) < 4.78 is 13.1. The van der Waals surface area contributed by atoms with E-state index < -0.39 is 0 Å². The first-order valence-corrected chi connectivity index (χ1v) is 6.89. The molecule has 0 aliphatic heterocycles. The Morgan fingerprint density at radius 2 is 2.11 bits per heavy atom. The van der Waals surface area contributed by atoms with Gasteiger partial charge in [0.2, 0.25) is 0 Å². The predicted octanol–water partition coefficient (Wildman–Crippen LogP) is 3.83. The summed E-state index contributed by atoms with van der Waals surface area (Å²) in [7, 11) is 0. The minimum absolute atomic E-state index is 0.136. The van der Waals surface area contributed by atoms with Gasteiger partial charge in [-0.25, -0.2) is 4.39 Å². The molecule has 0 saturated heterocycles. The van der Waals surface area contributed by atoms with Gasteiger partial charge in [-0.15, -0.1) is 0 Å². The van der Waals surface area contributed by atoms with Crippen LogP contribution in [0.2, 0.25) is 0 Å². The lowest BCUT2D eigenvalue weighted by molar-refractivity contribution is 0.378. The quantitative estimate of drug-likeness (QED) is 0.813. The average Bonchev–Trinajstić information content (AvgIpc) is 2.78. The second kappa shape index (κ2) is 5.65. The van der Waals surface area contributed by atoms with E-state index in [0.717, 1.165) is 19.3 Å². The van der Waals surface area contributed by atoms with E-state index in [-0.39, 0.29) is 11.4 Å². The summed E-state index contributed by atoms with van der Waals surface area (Å²) >= 11 is 5.31. The molecule has 0 bridgehead atoms. The van der Waals surface area contributed by atoms with E-state index in [9.17, 15) is 4.39 Å². The highest BCUT2D eigenvalue weighted by atomic mass is 32.1. The fourth-order valence-electron chi connectivity index (χ4n) is 2.59. The molecular weight excluding hydrogens is 247 g/mol. The van der Waals surface area contributed by atoms with Crippen LogP contribution in [0.25, 0.3) is 0 Å². The van der Waals surface area contributed by atoms with E-state index in [1.807, 2.05) is 6.07 Å². The molecule has 0 aromatic heterocycles. The molecule has 98 valence electrons.